The van der Waals surface area contributed by atoms with E-state index in [0.717, 1.165) is 38.2 Å². The van der Waals surface area contributed by atoms with E-state index in [2.05, 4.69) is 25.7 Å². The van der Waals surface area contributed by atoms with Crippen LogP contribution in [0.4, 0.5) is 23.7 Å². The summed E-state index contributed by atoms with van der Waals surface area (Å²) >= 11 is 0. The number of piperidine rings is 1. The average Bonchev–Trinajstić information content (AvgIpc) is 3.02. The van der Waals surface area contributed by atoms with Gasteiger partial charge in [-0.25, -0.2) is 23.4 Å². The molecule has 4 aromatic rings. The summed E-state index contributed by atoms with van der Waals surface area (Å²) in [5, 5.41) is 6.68. The van der Waals surface area contributed by atoms with E-state index in [1.165, 1.54) is 43.7 Å². The Bertz CT molecular complexity index is 1650. The normalized spacial score (nSPS) is 13.6. The summed E-state index contributed by atoms with van der Waals surface area (Å²) < 4.78 is 58.8. The number of anilines is 1. The van der Waals surface area contributed by atoms with E-state index in [-0.39, 0.29) is 11.4 Å². The van der Waals surface area contributed by atoms with Gasteiger partial charge in [-0.05, 0) is 80.4 Å². The number of pyridine rings is 1. The van der Waals surface area contributed by atoms with Crippen molar-refractivity contribution >= 4 is 28.8 Å². The van der Waals surface area contributed by atoms with Gasteiger partial charge in [0, 0.05) is 35.9 Å². The highest BCUT2D eigenvalue weighted by atomic mass is 19.2. The number of aromatic nitrogens is 1. The largest absolute Gasteiger partial charge is 0.493 e. The molecule has 2 N–H and O–H groups in total. The highest BCUT2D eigenvalue weighted by Gasteiger charge is 2.15. The number of methoxy groups -OCH3 is 1. The smallest absolute Gasteiger partial charge is 0.339 e. The SMILES string of the molecule is COc1cc2c(Oc3ccc(/C=N/NC(=O)Nc4ccc(F)c(F)c4)cc3F)ccnc2cc1OCCCN1CCCCC1. The fourth-order valence-electron chi connectivity index (χ4n) is 4.84. The standard InChI is InChI=1S/C32H32F3N5O4/c1-42-30-18-23-27(19-31(30)43-15-5-14-40-12-3-2-4-13-40)36-11-10-28(23)44-29-9-6-21(16-26(29)35)20-37-39-32(41)38-22-7-8-24(33)25(34)17-22/h6-11,16-20H,2-5,12-15H2,1H3,(H2,38,39,41)/b37-20+. The minimum absolute atomic E-state index is 0.0318. The Morgan fingerprint density at radius 3 is 2.55 bits per heavy atom. The number of hydrazone groups is 1. The second kappa shape index (κ2) is 14.6. The van der Waals surface area contributed by atoms with E-state index in [1.54, 1.807) is 37.6 Å². The van der Waals surface area contributed by atoms with Crippen molar-refractivity contribution in [3.63, 3.8) is 0 Å². The van der Waals surface area contributed by atoms with E-state index >= 15 is 0 Å². The molecule has 9 nitrogen and oxygen atoms in total. The molecule has 0 unspecified atom stereocenters. The van der Waals surface area contributed by atoms with Crippen LogP contribution in [0.25, 0.3) is 10.9 Å². The number of hydrogen-bond donors (Lipinski definition) is 2. The van der Waals surface area contributed by atoms with Gasteiger partial charge in [0.1, 0.15) is 5.75 Å². The maximum atomic E-state index is 15.0. The lowest BCUT2D eigenvalue weighted by Gasteiger charge is -2.26. The molecule has 44 heavy (non-hydrogen) atoms. The van der Waals surface area contributed by atoms with E-state index in [4.69, 9.17) is 14.2 Å². The third kappa shape index (κ3) is 7.95. The van der Waals surface area contributed by atoms with Crippen molar-refractivity contribution in [1.82, 2.24) is 15.3 Å². The molecule has 5 rings (SSSR count). The van der Waals surface area contributed by atoms with Crippen LogP contribution in [0.2, 0.25) is 0 Å². The number of carbonyl (C=O) groups excluding carboxylic acids is 1. The Morgan fingerprint density at radius 1 is 0.932 bits per heavy atom. The molecule has 0 atom stereocenters. The minimum atomic E-state index is -1.10. The van der Waals surface area contributed by atoms with E-state index in [9.17, 15) is 18.0 Å². The number of fused-ring (bicyclic) bond motifs is 1. The Kier molecular flexibility index (Phi) is 10.1. The number of nitrogens with one attached hydrogen (secondary N) is 2. The second-order valence-electron chi connectivity index (χ2n) is 10.2. The van der Waals surface area contributed by atoms with Crippen LogP contribution in [0.5, 0.6) is 23.0 Å². The first-order chi connectivity index (χ1) is 21.4. The molecule has 2 amide bonds. The van der Waals surface area contributed by atoms with Gasteiger partial charge >= 0.3 is 6.03 Å². The Labute approximate surface area is 252 Å². The van der Waals surface area contributed by atoms with Crippen molar-refractivity contribution < 1.29 is 32.2 Å². The lowest BCUT2D eigenvalue weighted by atomic mass is 10.1. The van der Waals surface area contributed by atoms with Crippen LogP contribution >= 0.6 is 0 Å². The zero-order chi connectivity index (χ0) is 30.9. The number of nitrogens with zero attached hydrogens (tertiary/aromatic N) is 3. The van der Waals surface area contributed by atoms with Crippen molar-refractivity contribution in [3.8, 4) is 23.0 Å². The van der Waals surface area contributed by atoms with Gasteiger partial charge in [-0.2, -0.15) is 5.10 Å². The van der Waals surface area contributed by atoms with Crippen molar-refractivity contribution in [2.24, 2.45) is 5.10 Å². The van der Waals surface area contributed by atoms with E-state index < -0.39 is 23.5 Å². The van der Waals surface area contributed by atoms with Gasteiger partial charge in [-0.1, -0.05) is 6.42 Å². The highest BCUT2D eigenvalue weighted by Crippen LogP contribution is 2.37. The predicted octanol–water partition coefficient (Wildman–Crippen LogP) is 6.86. The Morgan fingerprint density at radius 2 is 1.77 bits per heavy atom. The molecule has 0 spiro atoms. The second-order valence-corrected chi connectivity index (χ2v) is 10.2. The summed E-state index contributed by atoms with van der Waals surface area (Å²) in [6.45, 7) is 3.82. The zero-order valence-corrected chi connectivity index (χ0v) is 24.1. The molecule has 1 saturated heterocycles. The molecule has 1 aliphatic heterocycles. The lowest BCUT2D eigenvalue weighted by Crippen LogP contribution is -2.31. The Balaban J connectivity index is 1.20. The third-order valence-electron chi connectivity index (χ3n) is 7.04. The number of carbonyl (C=O) groups is 1. The van der Waals surface area contributed by atoms with Gasteiger partial charge in [0.05, 0.1) is 25.4 Å². The molecule has 230 valence electrons. The van der Waals surface area contributed by atoms with Gasteiger partial charge in [-0.3, -0.25) is 4.98 Å². The van der Waals surface area contributed by atoms with Crippen molar-refractivity contribution in [2.75, 3.05) is 38.7 Å². The number of halogens is 3. The molecule has 1 aliphatic rings. The maximum absolute atomic E-state index is 15.0. The van der Waals surface area contributed by atoms with Crippen molar-refractivity contribution in [1.29, 1.82) is 0 Å². The van der Waals surface area contributed by atoms with Crippen LogP contribution in [-0.2, 0) is 0 Å². The number of amides is 2. The fraction of sp³-hybridized carbons (Fsp3) is 0.281. The minimum Gasteiger partial charge on any atom is -0.493 e. The van der Waals surface area contributed by atoms with Crippen LogP contribution < -0.4 is 25.0 Å². The summed E-state index contributed by atoms with van der Waals surface area (Å²) in [4.78, 5) is 18.8. The monoisotopic (exact) mass is 607 g/mol. The molecule has 0 aliphatic carbocycles. The summed E-state index contributed by atoms with van der Waals surface area (Å²) in [5.74, 6) is -1.36. The van der Waals surface area contributed by atoms with Gasteiger partial charge in [-0.15, -0.1) is 0 Å². The average molecular weight is 608 g/mol. The maximum Gasteiger partial charge on any atom is 0.339 e. The first kappa shape index (κ1) is 30.6. The molecule has 3 aromatic carbocycles. The van der Waals surface area contributed by atoms with Gasteiger partial charge < -0.3 is 24.4 Å². The van der Waals surface area contributed by atoms with Gasteiger partial charge in [0.25, 0.3) is 0 Å². The molecular formula is C32H32F3N5O4. The first-order valence-electron chi connectivity index (χ1n) is 14.2. The van der Waals surface area contributed by atoms with Crippen LogP contribution in [0.3, 0.4) is 0 Å². The number of benzene rings is 3. The number of rotatable bonds is 11. The van der Waals surface area contributed by atoms with E-state index in [0.29, 0.717) is 40.3 Å². The molecule has 1 aromatic heterocycles. The van der Waals surface area contributed by atoms with Crippen LogP contribution in [0.15, 0.2) is 65.9 Å². The number of hydrogen-bond acceptors (Lipinski definition) is 7. The summed E-state index contributed by atoms with van der Waals surface area (Å²) in [6, 6.07) is 11.5. The Hall–Kier alpha value is -4.84. The van der Waals surface area contributed by atoms with Crippen molar-refractivity contribution in [2.45, 2.75) is 25.7 Å². The van der Waals surface area contributed by atoms with Gasteiger partial charge in [0.2, 0.25) is 0 Å². The third-order valence-corrected chi connectivity index (χ3v) is 7.04. The molecule has 2 heterocycles. The topological polar surface area (TPSA) is 97.3 Å². The van der Waals surface area contributed by atoms with E-state index in [1.807, 2.05) is 0 Å². The van der Waals surface area contributed by atoms with Crippen LogP contribution in [0, 0.1) is 17.5 Å². The molecule has 0 radical (unpaired) electrons. The lowest BCUT2D eigenvalue weighted by molar-refractivity contribution is 0.203. The summed E-state index contributed by atoms with van der Waals surface area (Å²) in [5.41, 5.74) is 3.15. The number of ether oxygens (including phenoxy) is 3. The molecular weight excluding hydrogens is 575 g/mol. The number of urea groups is 1. The number of likely N-dealkylation sites (tertiary alicyclic amines) is 1. The molecule has 0 saturated carbocycles. The van der Waals surface area contributed by atoms with Crippen LogP contribution in [-0.4, -0.2) is 55.5 Å². The van der Waals surface area contributed by atoms with Crippen LogP contribution in [0.1, 0.15) is 31.2 Å². The summed E-state index contributed by atoms with van der Waals surface area (Å²) in [6.07, 6.45) is 7.50. The quantitative estimate of drug-likeness (QED) is 0.110. The summed E-state index contributed by atoms with van der Waals surface area (Å²) in [7, 11) is 1.56. The molecule has 0 bridgehead atoms. The molecule has 1 fully saturated rings. The molecule has 12 heteroatoms. The fourth-order valence-corrected chi connectivity index (χ4v) is 4.84. The predicted molar refractivity (Wildman–Crippen MR) is 161 cm³/mol. The zero-order valence-electron chi connectivity index (χ0n) is 24.1. The first-order valence-corrected chi connectivity index (χ1v) is 14.2. The van der Waals surface area contributed by atoms with Gasteiger partial charge in [0.15, 0.2) is 34.7 Å². The highest BCUT2D eigenvalue weighted by molar-refractivity contribution is 5.90. The van der Waals surface area contributed by atoms with Crippen molar-refractivity contribution in [3.05, 3.63) is 83.8 Å².